The Morgan fingerprint density at radius 2 is 2.24 bits per heavy atom. The average molecular weight is 308 g/mol. The van der Waals surface area contributed by atoms with Gasteiger partial charge in [0.15, 0.2) is 0 Å². The summed E-state index contributed by atoms with van der Waals surface area (Å²) in [6, 6.07) is 3.25. The van der Waals surface area contributed by atoms with E-state index in [9.17, 15) is 4.79 Å². The van der Waals surface area contributed by atoms with Gasteiger partial charge in [0.1, 0.15) is 11.0 Å². The van der Waals surface area contributed by atoms with Crippen LogP contribution in [0.25, 0.3) is 0 Å². The molecular weight excluding hydrogens is 290 g/mol. The Kier molecular flexibility index (Phi) is 5.16. The molecule has 2 aromatic heterocycles. The lowest BCUT2D eigenvalue weighted by atomic mass is 10.2. The molecule has 0 bridgehead atoms. The summed E-state index contributed by atoms with van der Waals surface area (Å²) >= 11 is 5.92. The van der Waals surface area contributed by atoms with E-state index in [1.165, 1.54) is 0 Å². The fourth-order valence-electron chi connectivity index (χ4n) is 1.92. The number of aromatic nitrogens is 3. The molecule has 7 heteroatoms. The van der Waals surface area contributed by atoms with Gasteiger partial charge in [-0.15, -0.1) is 0 Å². The van der Waals surface area contributed by atoms with Crippen molar-refractivity contribution in [1.82, 2.24) is 20.1 Å². The number of pyridine rings is 1. The zero-order chi connectivity index (χ0) is 15.2. The van der Waals surface area contributed by atoms with Crippen LogP contribution in [0.3, 0.4) is 0 Å². The Morgan fingerprint density at radius 3 is 2.90 bits per heavy atom. The van der Waals surface area contributed by atoms with Crippen LogP contribution in [-0.2, 0) is 13.5 Å². The van der Waals surface area contributed by atoms with Crippen LogP contribution in [0.15, 0.2) is 24.5 Å². The van der Waals surface area contributed by atoms with Crippen LogP contribution in [0.5, 0.6) is 0 Å². The number of anilines is 1. The maximum Gasteiger partial charge on any atom is 0.251 e. The third kappa shape index (κ3) is 4.46. The summed E-state index contributed by atoms with van der Waals surface area (Å²) in [4.78, 5) is 16.2. The Hall–Kier alpha value is -2.08. The van der Waals surface area contributed by atoms with Crippen LogP contribution >= 0.6 is 11.6 Å². The number of nitrogens with zero attached hydrogens (tertiary/aromatic N) is 3. The number of rotatable bonds is 6. The van der Waals surface area contributed by atoms with Gasteiger partial charge in [-0.1, -0.05) is 11.6 Å². The zero-order valence-corrected chi connectivity index (χ0v) is 12.8. The van der Waals surface area contributed by atoms with Crippen LogP contribution in [0.1, 0.15) is 22.8 Å². The Morgan fingerprint density at radius 1 is 1.43 bits per heavy atom. The van der Waals surface area contributed by atoms with Crippen molar-refractivity contribution in [2.24, 2.45) is 7.05 Å². The van der Waals surface area contributed by atoms with Crippen molar-refractivity contribution in [3.8, 4) is 0 Å². The topological polar surface area (TPSA) is 71.8 Å². The highest BCUT2D eigenvalue weighted by molar-refractivity contribution is 6.29. The monoisotopic (exact) mass is 307 g/mol. The van der Waals surface area contributed by atoms with E-state index in [0.29, 0.717) is 23.1 Å². The molecule has 2 aromatic rings. The van der Waals surface area contributed by atoms with E-state index in [4.69, 9.17) is 11.6 Å². The number of nitrogens with one attached hydrogen (secondary N) is 2. The molecule has 6 nitrogen and oxygen atoms in total. The maximum absolute atomic E-state index is 12.1. The molecule has 0 radical (unpaired) electrons. The first kappa shape index (κ1) is 15.3. The second-order valence-electron chi connectivity index (χ2n) is 4.62. The molecule has 0 saturated heterocycles. The maximum atomic E-state index is 12.1. The van der Waals surface area contributed by atoms with E-state index in [-0.39, 0.29) is 5.91 Å². The summed E-state index contributed by atoms with van der Waals surface area (Å²) in [5.74, 6) is 0.435. The van der Waals surface area contributed by atoms with Gasteiger partial charge in [-0.25, -0.2) is 4.98 Å². The van der Waals surface area contributed by atoms with Crippen molar-refractivity contribution in [2.45, 2.75) is 13.3 Å². The summed E-state index contributed by atoms with van der Waals surface area (Å²) in [6.45, 7) is 3.21. The molecule has 0 aromatic carbocycles. The number of hydrogen-bond donors (Lipinski definition) is 2. The number of halogens is 1. The predicted molar refractivity (Wildman–Crippen MR) is 82.7 cm³/mol. The van der Waals surface area contributed by atoms with Gasteiger partial charge in [-0.3, -0.25) is 9.48 Å². The van der Waals surface area contributed by atoms with Crippen molar-refractivity contribution < 1.29 is 4.79 Å². The van der Waals surface area contributed by atoms with Crippen LogP contribution in [0.4, 0.5) is 5.82 Å². The summed E-state index contributed by atoms with van der Waals surface area (Å²) in [5, 5.41) is 10.3. The highest BCUT2D eigenvalue weighted by Crippen LogP contribution is 2.14. The zero-order valence-electron chi connectivity index (χ0n) is 12.1. The molecule has 0 saturated carbocycles. The number of amides is 1. The quantitative estimate of drug-likeness (QED) is 0.799. The summed E-state index contributed by atoms with van der Waals surface area (Å²) in [7, 11) is 1.86. The molecule has 0 atom stereocenters. The van der Waals surface area contributed by atoms with Crippen molar-refractivity contribution in [2.75, 3.05) is 18.4 Å². The van der Waals surface area contributed by atoms with Crippen LogP contribution in [0, 0.1) is 0 Å². The largest absolute Gasteiger partial charge is 0.370 e. The number of carbonyl (C=O) groups is 1. The Labute approximate surface area is 128 Å². The molecule has 2 rings (SSSR count). The molecule has 0 unspecified atom stereocenters. The van der Waals surface area contributed by atoms with Crippen molar-refractivity contribution >= 4 is 23.3 Å². The first-order chi connectivity index (χ1) is 10.1. The SMILES string of the molecule is CCNc1cc(C(=O)NCCc2cnn(C)c2)cc(Cl)n1. The smallest absolute Gasteiger partial charge is 0.251 e. The van der Waals surface area contributed by atoms with Crippen LogP contribution in [-0.4, -0.2) is 33.8 Å². The Balaban J connectivity index is 1.93. The number of carbonyl (C=O) groups excluding carboxylic acids is 1. The number of aryl methyl sites for hydroxylation is 1. The molecule has 2 N–H and O–H groups in total. The molecule has 21 heavy (non-hydrogen) atoms. The predicted octanol–water partition coefficient (Wildman–Crippen LogP) is 1.87. The minimum atomic E-state index is -0.164. The van der Waals surface area contributed by atoms with Crippen molar-refractivity contribution in [3.05, 3.63) is 40.8 Å². The molecule has 0 fully saturated rings. The van der Waals surface area contributed by atoms with Crippen molar-refractivity contribution in [3.63, 3.8) is 0 Å². The molecule has 0 aliphatic carbocycles. The van der Waals surface area contributed by atoms with Gasteiger partial charge in [-0.05, 0) is 31.0 Å². The molecule has 0 spiro atoms. The summed E-state index contributed by atoms with van der Waals surface area (Å²) < 4.78 is 1.74. The van der Waals surface area contributed by atoms with E-state index in [1.54, 1.807) is 23.0 Å². The normalized spacial score (nSPS) is 10.4. The standard InChI is InChI=1S/C14H18ClN5O/c1-3-16-13-7-11(6-12(15)19-13)14(21)17-5-4-10-8-18-20(2)9-10/h6-9H,3-5H2,1-2H3,(H,16,19)(H,17,21). The third-order valence-corrected chi connectivity index (χ3v) is 3.07. The lowest BCUT2D eigenvalue weighted by molar-refractivity contribution is 0.0954. The van der Waals surface area contributed by atoms with Gasteiger partial charge in [0, 0.05) is 31.9 Å². The fourth-order valence-corrected chi connectivity index (χ4v) is 2.13. The van der Waals surface area contributed by atoms with Gasteiger partial charge >= 0.3 is 0 Å². The van der Waals surface area contributed by atoms with Gasteiger partial charge in [0.2, 0.25) is 0 Å². The lowest BCUT2D eigenvalue weighted by Gasteiger charge is -2.07. The highest BCUT2D eigenvalue weighted by atomic mass is 35.5. The number of hydrogen-bond acceptors (Lipinski definition) is 4. The van der Waals surface area contributed by atoms with E-state index >= 15 is 0 Å². The van der Waals surface area contributed by atoms with Gasteiger partial charge in [0.25, 0.3) is 5.91 Å². The highest BCUT2D eigenvalue weighted by Gasteiger charge is 2.09. The van der Waals surface area contributed by atoms with E-state index in [2.05, 4.69) is 20.7 Å². The second kappa shape index (κ2) is 7.08. The third-order valence-electron chi connectivity index (χ3n) is 2.87. The molecule has 1 amide bonds. The molecule has 0 aliphatic heterocycles. The minimum absolute atomic E-state index is 0.164. The van der Waals surface area contributed by atoms with Gasteiger partial charge < -0.3 is 10.6 Å². The van der Waals surface area contributed by atoms with Crippen molar-refractivity contribution in [1.29, 1.82) is 0 Å². The van der Waals surface area contributed by atoms with Crippen LogP contribution < -0.4 is 10.6 Å². The van der Waals surface area contributed by atoms with Crippen LogP contribution in [0.2, 0.25) is 5.15 Å². The summed E-state index contributed by atoms with van der Waals surface area (Å²) in [5.41, 5.74) is 1.58. The molecular formula is C14H18ClN5O. The second-order valence-corrected chi connectivity index (χ2v) is 5.01. The van der Waals surface area contributed by atoms with E-state index < -0.39 is 0 Å². The first-order valence-corrected chi connectivity index (χ1v) is 7.13. The van der Waals surface area contributed by atoms with Gasteiger partial charge in [-0.2, -0.15) is 5.10 Å². The average Bonchev–Trinajstić information content (AvgIpc) is 2.84. The molecule has 112 valence electrons. The lowest BCUT2D eigenvalue weighted by Crippen LogP contribution is -2.25. The van der Waals surface area contributed by atoms with E-state index in [1.807, 2.05) is 20.2 Å². The van der Waals surface area contributed by atoms with E-state index in [0.717, 1.165) is 18.5 Å². The van der Waals surface area contributed by atoms with Gasteiger partial charge in [0.05, 0.1) is 6.20 Å². The fraction of sp³-hybridized carbons (Fsp3) is 0.357. The summed E-state index contributed by atoms with van der Waals surface area (Å²) in [6.07, 6.45) is 4.45. The molecule has 0 aliphatic rings. The first-order valence-electron chi connectivity index (χ1n) is 6.75. The molecule has 2 heterocycles. The minimum Gasteiger partial charge on any atom is -0.370 e. The Bertz CT molecular complexity index is 626.